The second-order valence-electron chi connectivity index (χ2n) is 10.4. The van der Waals surface area contributed by atoms with Crippen LogP contribution in [-0.2, 0) is 10.2 Å². The average molecular weight is 523 g/mol. The summed E-state index contributed by atoms with van der Waals surface area (Å²) in [6.07, 6.45) is 3.74. The van der Waals surface area contributed by atoms with Crippen LogP contribution in [0.1, 0.15) is 44.3 Å². The lowest BCUT2D eigenvalue weighted by Crippen LogP contribution is -2.51. The highest BCUT2D eigenvalue weighted by molar-refractivity contribution is 7.87. The lowest BCUT2D eigenvalue weighted by molar-refractivity contribution is -0.136. The third-order valence-electron chi connectivity index (χ3n) is 8.27. The van der Waals surface area contributed by atoms with E-state index in [0.29, 0.717) is 17.1 Å². The van der Waals surface area contributed by atoms with E-state index in [-0.39, 0.29) is 24.2 Å². The Labute approximate surface area is 206 Å². The summed E-state index contributed by atoms with van der Waals surface area (Å²) in [7, 11) is -4.19. The summed E-state index contributed by atoms with van der Waals surface area (Å²) in [5.74, 6) is 0.346. The van der Waals surface area contributed by atoms with Crippen LogP contribution in [0.25, 0.3) is 16.8 Å². The molecule has 1 spiro atoms. The number of benzene rings is 1. The first-order valence-electron chi connectivity index (χ1n) is 12.1. The summed E-state index contributed by atoms with van der Waals surface area (Å²) < 4.78 is 81.2. The number of imidazole rings is 1. The molecule has 3 aliphatic carbocycles. The summed E-state index contributed by atoms with van der Waals surface area (Å²) in [6, 6.07) is 6.18. The van der Waals surface area contributed by atoms with E-state index in [1.54, 1.807) is 18.3 Å². The van der Waals surface area contributed by atoms with Gasteiger partial charge in [0.2, 0.25) is 0 Å². The van der Waals surface area contributed by atoms with Gasteiger partial charge in [-0.15, -0.1) is 0 Å². The van der Waals surface area contributed by atoms with Crippen LogP contribution in [0.2, 0.25) is 0 Å². The Morgan fingerprint density at radius 2 is 1.81 bits per heavy atom. The number of hydrogen-bond donors (Lipinski definition) is 2. The van der Waals surface area contributed by atoms with Crippen molar-refractivity contribution < 1.29 is 26.0 Å². The zero-order chi connectivity index (χ0) is 25.3. The molecule has 1 saturated heterocycles. The molecule has 0 unspecified atom stereocenters. The first-order chi connectivity index (χ1) is 17.0. The van der Waals surface area contributed by atoms with Crippen molar-refractivity contribution in [2.24, 2.45) is 11.8 Å². The lowest BCUT2D eigenvalue weighted by Gasteiger charge is -2.34. The van der Waals surface area contributed by atoms with Crippen LogP contribution in [0.5, 0.6) is 0 Å². The molecule has 2 aromatic rings. The van der Waals surface area contributed by atoms with Gasteiger partial charge in [0.1, 0.15) is 18.2 Å². The van der Waals surface area contributed by atoms with Gasteiger partial charge in [-0.3, -0.25) is 0 Å². The largest absolute Gasteiger partial charge is 0.402 e. The number of rotatable bonds is 3. The number of hydrogen-bond acceptors (Lipinski definition) is 3. The molecule has 11 heteroatoms. The van der Waals surface area contributed by atoms with Gasteiger partial charge >= 0.3 is 6.18 Å². The molecule has 1 aliphatic heterocycles. The van der Waals surface area contributed by atoms with Crippen LogP contribution in [0.3, 0.4) is 0 Å². The van der Waals surface area contributed by atoms with E-state index in [4.69, 9.17) is 0 Å². The first kappa shape index (κ1) is 23.9. The van der Waals surface area contributed by atoms with Crippen molar-refractivity contribution in [2.75, 3.05) is 13.1 Å². The number of nitrogens with zero attached hydrogens (tertiary/aromatic N) is 2. The third kappa shape index (κ3) is 4.10. The maximum Gasteiger partial charge on any atom is 0.402 e. The normalized spacial score (nSPS) is 29.9. The zero-order valence-corrected chi connectivity index (χ0v) is 20.2. The van der Waals surface area contributed by atoms with Gasteiger partial charge in [0.05, 0.1) is 17.4 Å². The zero-order valence-electron chi connectivity index (χ0n) is 19.4. The van der Waals surface area contributed by atoms with Crippen LogP contribution in [0.15, 0.2) is 47.7 Å². The van der Waals surface area contributed by atoms with E-state index in [9.17, 15) is 26.0 Å². The molecular weight excluding hydrogens is 496 g/mol. The van der Waals surface area contributed by atoms with Gasteiger partial charge in [-0.25, -0.2) is 9.37 Å². The number of H-pyrrole nitrogens is 1. The van der Waals surface area contributed by atoms with E-state index >= 15 is 0 Å². The molecule has 1 aromatic heterocycles. The van der Waals surface area contributed by atoms with Crippen molar-refractivity contribution in [1.29, 1.82) is 0 Å². The standard InChI is InChI=1S/C25H26F4N4O2S/c26-21-7-3-15(4-8-21)22-12-30-23(31-22)17-2-1-16-10-19-5-6-20(11-18(16)9-17)24(19)13-33(14-25(27,28)29)36(34,35)32-24/h3-4,7-9,12,19-20,32H,1-2,5-6,10-11,13-14H2,(H,30,31)/t19-,20+,24+/m0/s1. The maximum atomic E-state index is 13.3. The Kier molecular flexibility index (Phi) is 5.47. The molecule has 0 amide bonds. The molecule has 0 radical (unpaired) electrons. The van der Waals surface area contributed by atoms with Crippen LogP contribution in [0.4, 0.5) is 17.6 Å². The Bertz CT molecular complexity index is 1360. The fourth-order valence-electron chi connectivity index (χ4n) is 6.58. The molecule has 6 rings (SSSR count). The lowest BCUT2D eigenvalue weighted by atomic mass is 9.79. The summed E-state index contributed by atoms with van der Waals surface area (Å²) in [5, 5.41) is 0. The van der Waals surface area contributed by atoms with Gasteiger partial charge in [-0.05, 0) is 91.3 Å². The number of alkyl halides is 3. The molecule has 2 N–H and O–H groups in total. The topological polar surface area (TPSA) is 78.1 Å². The first-order valence-corrected chi connectivity index (χ1v) is 13.5. The van der Waals surface area contributed by atoms with Gasteiger partial charge in [0.25, 0.3) is 10.2 Å². The van der Waals surface area contributed by atoms with E-state index < -0.39 is 28.5 Å². The van der Waals surface area contributed by atoms with Crippen molar-refractivity contribution in [3.05, 3.63) is 59.3 Å². The van der Waals surface area contributed by atoms with Gasteiger partial charge in [-0.2, -0.15) is 30.6 Å². The molecule has 4 aliphatic rings. The molecule has 2 bridgehead atoms. The summed E-state index contributed by atoms with van der Waals surface area (Å²) in [4.78, 5) is 7.86. The fraction of sp³-hybridized carbons (Fsp3) is 0.480. The van der Waals surface area contributed by atoms with Crippen molar-refractivity contribution in [1.82, 2.24) is 19.0 Å². The molecule has 1 saturated carbocycles. The van der Waals surface area contributed by atoms with Crippen LogP contribution >= 0.6 is 0 Å². The van der Waals surface area contributed by atoms with Gasteiger partial charge in [0, 0.05) is 6.54 Å². The molecule has 2 heterocycles. The second-order valence-corrected chi connectivity index (χ2v) is 12.0. The van der Waals surface area contributed by atoms with Crippen LogP contribution in [-0.4, -0.2) is 47.5 Å². The van der Waals surface area contributed by atoms with E-state index in [0.717, 1.165) is 53.9 Å². The van der Waals surface area contributed by atoms with E-state index in [2.05, 4.69) is 20.8 Å². The number of allylic oxidation sites excluding steroid dienone is 4. The van der Waals surface area contributed by atoms with Crippen LogP contribution < -0.4 is 4.72 Å². The molecule has 3 atom stereocenters. The highest BCUT2D eigenvalue weighted by Gasteiger charge is 2.60. The predicted octanol–water partition coefficient (Wildman–Crippen LogP) is 4.96. The third-order valence-corrected chi connectivity index (χ3v) is 9.84. The highest BCUT2D eigenvalue weighted by atomic mass is 32.2. The van der Waals surface area contributed by atoms with E-state index in [1.807, 2.05) is 0 Å². The molecule has 6 nitrogen and oxygen atoms in total. The number of aromatic amines is 1. The number of halogens is 4. The molecule has 36 heavy (non-hydrogen) atoms. The second kappa shape index (κ2) is 8.26. The number of nitrogens with one attached hydrogen (secondary N) is 2. The van der Waals surface area contributed by atoms with Crippen molar-refractivity contribution in [2.45, 2.75) is 50.2 Å². The maximum absolute atomic E-state index is 13.3. The molecule has 192 valence electrons. The summed E-state index contributed by atoms with van der Waals surface area (Å²) in [5.41, 5.74) is 4.21. The van der Waals surface area contributed by atoms with Crippen molar-refractivity contribution >= 4 is 15.8 Å². The minimum atomic E-state index is -4.59. The Morgan fingerprint density at radius 1 is 1.08 bits per heavy atom. The van der Waals surface area contributed by atoms with Crippen LogP contribution in [0, 0.1) is 17.7 Å². The smallest absolute Gasteiger partial charge is 0.338 e. The van der Waals surface area contributed by atoms with Crippen molar-refractivity contribution in [3.63, 3.8) is 0 Å². The summed E-state index contributed by atoms with van der Waals surface area (Å²) in [6.45, 7) is -1.60. The predicted molar refractivity (Wildman–Crippen MR) is 126 cm³/mol. The monoisotopic (exact) mass is 522 g/mol. The van der Waals surface area contributed by atoms with Crippen molar-refractivity contribution in [3.8, 4) is 11.3 Å². The quantitative estimate of drug-likeness (QED) is 0.560. The number of aromatic nitrogens is 2. The van der Waals surface area contributed by atoms with E-state index in [1.165, 1.54) is 17.7 Å². The fourth-order valence-corrected chi connectivity index (χ4v) is 8.28. The minimum absolute atomic E-state index is 0.0216. The average Bonchev–Trinajstić information content (AvgIpc) is 3.43. The Morgan fingerprint density at radius 3 is 2.53 bits per heavy atom. The van der Waals surface area contributed by atoms with Gasteiger partial charge in [0.15, 0.2) is 0 Å². The van der Waals surface area contributed by atoms with Gasteiger partial charge in [-0.1, -0.05) is 11.6 Å². The SMILES string of the molecule is O=S1(=O)N[C@@]2(CN1CC(F)(F)F)[C@@H]1CC[C@H]2CC2=C(C=C(c3ncc(-c4ccc(F)cc4)[nH]3)CC2)C1. The minimum Gasteiger partial charge on any atom is -0.338 e. The molecule has 1 aromatic carbocycles. The Hall–Kier alpha value is -2.50. The molecule has 2 fully saturated rings. The Balaban J connectivity index is 1.26. The summed E-state index contributed by atoms with van der Waals surface area (Å²) >= 11 is 0. The highest BCUT2D eigenvalue weighted by Crippen LogP contribution is 2.54. The van der Waals surface area contributed by atoms with Gasteiger partial charge < -0.3 is 4.98 Å². The molecular formula is C25H26F4N4O2S.